The Bertz CT molecular complexity index is 1490. The molecule has 3 aliphatic rings. The average molecular weight is 591 g/mol. The Morgan fingerprint density at radius 3 is 2.83 bits per heavy atom. The molecule has 1 aromatic carbocycles. The molecule has 5 heterocycles. The van der Waals surface area contributed by atoms with E-state index in [1.807, 2.05) is 13.8 Å². The van der Waals surface area contributed by atoms with Crippen LogP contribution in [0.25, 0.3) is 11.3 Å². The van der Waals surface area contributed by atoms with Gasteiger partial charge in [-0.1, -0.05) is 23.7 Å². The Morgan fingerprint density at radius 1 is 1.24 bits per heavy atom. The van der Waals surface area contributed by atoms with E-state index in [0.717, 1.165) is 12.1 Å². The van der Waals surface area contributed by atoms with Gasteiger partial charge in [-0.3, -0.25) is 10.2 Å². The summed E-state index contributed by atoms with van der Waals surface area (Å²) < 4.78 is 57.1. The molecule has 10 nitrogen and oxygen atoms in total. The van der Waals surface area contributed by atoms with E-state index in [4.69, 9.17) is 25.8 Å². The summed E-state index contributed by atoms with van der Waals surface area (Å²) in [5.74, 6) is -0.128. The van der Waals surface area contributed by atoms with Gasteiger partial charge in [0.05, 0.1) is 34.6 Å². The fourth-order valence-electron chi connectivity index (χ4n) is 5.19. The Hall–Kier alpha value is -3.68. The molecule has 1 unspecified atom stereocenters. The third-order valence-corrected chi connectivity index (χ3v) is 7.34. The lowest BCUT2D eigenvalue weighted by molar-refractivity contribution is -0.141. The summed E-state index contributed by atoms with van der Waals surface area (Å²) in [5, 5.41) is 2.89. The van der Waals surface area contributed by atoms with Gasteiger partial charge in [0.15, 0.2) is 11.6 Å². The van der Waals surface area contributed by atoms with E-state index < -0.39 is 23.6 Å². The molecule has 3 aromatic rings. The zero-order chi connectivity index (χ0) is 28.9. The van der Waals surface area contributed by atoms with E-state index in [0.29, 0.717) is 37.6 Å². The van der Waals surface area contributed by atoms with Crippen LogP contribution in [0.15, 0.2) is 42.6 Å². The second-order valence-electron chi connectivity index (χ2n) is 10.4. The van der Waals surface area contributed by atoms with Gasteiger partial charge in [-0.2, -0.15) is 18.2 Å². The first-order valence-corrected chi connectivity index (χ1v) is 13.4. The summed E-state index contributed by atoms with van der Waals surface area (Å²) in [6.07, 6.45) is -2.67. The molecular formula is C27H26ClF3N6O4. The van der Waals surface area contributed by atoms with Crippen LogP contribution in [0.3, 0.4) is 0 Å². The zero-order valence-electron chi connectivity index (χ0n) is 22.1. The van der Waals surface area contributed by atoms with Gasteiger partial charge >= 0.3 is 12.2 Å². The van der Waals surface area contributed by atoms with Crippen LogP contribution in [0.1, 0.15) is 25.8 Å². The average Bonchev–Trinajstić information content (AvgIpc) is 3.50. The van der Waals surface area contributed by atoms with E-state index in [9.17, 15) is 18.0 Å². The Morgan fingerprint density at radius 2 is 2.07 bits per heavy atom. The van der Waals surface area contributed by atoms with Gasteiger partial charge in [0.1, 0.15) is 12.7 Å². The summed E-state index contributed by atoms with van der Waals surface area (Å²) in [7, 11) is 0. The number of carbonyl (C=O) groups is 1. The maximum Gasteiger partial charge on any atom is 0.416 e. The standard InChI is InChI=1S/C27H26ClF3N6O4/c1-26(2)40-14-18(41-26)13-39-21-6-8-32-24(33-21)35-25(38)37-17-7-9-36(12-17)20-11-19(28)22(34-23(20)37)15-4-3-5-16(10-15)27(29,30)31/h3-6,8,10-11,17-18H,7,9,12-14H2,1-2H3,(H,32,33,35,38)/t17?,18-/m1/s1. The quantitative estimate of drug-likeness (QED) is 0.423. The van der Waals surface area contributed by atoms with Gasteiger partial charge in [-0.05, 0) is 38.5 Å². The van der Waals surface area contributed by atoms with Gasteiger partial charge in [-0.15, -0.1) is 0 Å². The number of pyridine rings is 1. The molecule has 216 valence electrons. The Balaban J connectivity index is 1.25. The molecule has 0 radical (unpaired) electrons. The largest absolute Gasteiger partial charge is 0.475 e. The van der Waals surface area contributed by atoms with Crippen molar-refractivity contribution in [2.45, 2.75) is 44.4 Å². The third-order valence-electron chi connectivity index (χ3n) is 7.05. The normalized spacial score (nSPS) is 21.1. The Kier molecular flexibility index (Phi) is 6.91. The third kappa shape index (κ3) is 5.61. The zero-order valence-corrected chi connectivity index (χ0v) is 22.9. The summed E-state index contributed by atoms with van der Waals surface area (Å²) in [4.78, 5) is 30.2. The molecule has 0 spiro atoms. The van der Waals surface area contributed by atoms with Gasteiger partial charge < -0.3 is 19.1 Å². The fraction of sp³-hybridized carbons (Fsp3) is 0.407. The molecule has 2 fully saturated rings. The van der Waals surface area contributed by atoms with Crippen LogP contribution in [0.5, 0.6) is 5.88 Å². The first-order chi connectivity index (χ1) is 19.5. The number of aromatic nitrogens is 3. The predicted molar refractivity (Wildman–Crippen MR) is 144 cm³/mol. The minimum atomic E-state index is -4.53. The van der Waals surface area contributed by atoms with Gasteiger partial charge in [0, 0.05) is 30.9 Å². The molecule has 14 heteroatoms. The van der Waals surface area contributed by atoms with E-state index in [2.05, 4.69) is 25.2 Å². The minimum absolute atomic E-state index is 0.0189. The number of nitrogens with one attached hydrogen (secondary N) is 1. The second-order valence-corrected chi connectivity index (χ2v) is 10.8. The van der Waals surface area contributed by atoms with Crippen molar-refractivity contribution in [2.24, 2.45) is 0 Å². The molecule has 2 atom stereocenters. The molecule has 41 heavy (non-hydrogen) atoms. The molecule has 2 aromatic heterocycles. The molecule has 6 rings (SSSR count). The smallest absolute Gasteiger partial charge is 0.416 e. The molecule has 1 N–H and O–H groups in total. The van der Waals surface area contributed by atoms with E-state index in [1.165, 1.54) is 23.2 Å². The van der Waals surface area contributed by atoms with E-state index >= 15 is 0 Å². The number of alkyl halides is 3. The molecule has 0 saturated carbocycles. The highest BCUT2D eigenvalue weighted by Crippen LogP contribution is 2.43. The number of hydrogen-bond donors (Lipinski definition) is 1. The topological polar surface area (TPSA) is 102 Å². The Labute approximate surface area is 238 Å². The summed E-state index contributed by atoms with van der Waals surface area (Å²) in [6, 6.07) is 7.23. The van der Waals surface area contributed by atoms with Crippen LogP contribution in [0, 0.1) is 0 Å². The first kappa shape index (κ1) is 27.5. The molecule has 2 amide bonds. The van der Waals surface area contributed by atoms with Crippen molar-refractivity contribution in [3.63, 3.8) is 0 Å². The number of amides is 2. The number of halogens is 4. The number of fused-ring (bicyclic) bond motifs is 4. The van der Waals surface area contributed by atoms with Crippen molar-refractivity contribution >= 4 is 35.1 Å². The number of ether oxygens (including phenoxy) is 3. The van der Waals surface area contributed by atoms with Crippen molar-refractivity contribution in [3.05, 3.63) is 53.2 Å². The highest BCUT2D eigenvalue weighted by molar-refractivity contribution is 6.33. The highest BCUT2D eigenvalue weighted by Gasteiger charge is 2.41. The van der Waals surface area contributed by atoms with Crippen LogP contribution in [0.4, 0.5) is 35.4 Å². The SMILES string of the molecule is CC1(C)OC[C@@H](COc2ccnc(NC(=O)N3c4nc(-c5cccc(C(F)(F)F)c5)c(Cl)cc4N4CCC3C4)n2)O1. The van der Waals surface area contributed by atoms with Crippen molar-refractivity contribution in [1.82, 2.24) is 15.0 Å². The maximum atomic E-state index is 13.6. The lowest BCUT2D eigenvalue weighted by atomic mass is 10.1. The second kappa shape index (κ2) is 10.3. The fourth-order valence-corrected chi connectivity index (χ4v) is 5.45. The molecule has 2 bridgehead atoms. The van der Waals surface area contributed by atoms with Crippen LogP contribution in [-0.4, -0.2) is 65.2 Å². The summed E-state index contributed by atoms with van der Waals surface area (Å²) in [6.45, 7) is 5.46. The van der Waals surface area contributed by atoms with Gasteiger partial charge in [-0.25, -0.2) is 14.8 Å². The number of urea groups is 1. The van der Waals surface area contributed by atoms with Crippen molar-refractivity contribution in [3.8, 4) is 17.1 Å². The number of rotatable bonds is 5. The van der Waals surface area contributed by atoms with Crippen LogP contribution < -0.4 is 19.9 Å². The lowest BCUT2D eigenvalue weighted by Crippen LogP contribution is -2.48. The van der Waals surface area contributed by atoms with Crippen molar-refractivity contribution < 1.29 is 32.2 Å². The number of carbonyl (C=O) groups excluding carboxylic acids is 1. The predicted octanol–water partition coefficient (Wildman–Crippen LogP) is 5.37. The number of anilines is 3. The number of hydrogen-bond acceptors (Lipinski definition) is 8. The number of benzene rings is 1. The maximum absolute atomic E-state index is 13.6. The minimum Gasteiger partial charge on any atom is -0.475 e. The molecule has 0 aliphatic carbocycles. The summed E-state index contributed by atoms with van der Waals surface area (Å²) >= 11 is 6.52. The van der Waals surface area contributed by atoms with Crippen LogP contribution >= 0.6 is 11.6 Å². The lowest BCUT2D eigenvalue weighted by Gasteiger charge is -2.36. The van der Waals surface area contributed by atoms with E-state index in [-0.39, 0.29) is 46.9 Å². The van der Waals surface area contributed by atoms with Crippen molar-refractivity contribution in [2.75, 3.05) is 41.4 Å². The van der Waals surface area contributed by atoms with Crippen LogP contribution in [0.2, 0.25) is 5.02 Å². The summed E-state index contributed by atoms with van der Waals surface area (Å²) in [5.41, 5.74) is 0.132. The van der Waals surface area contributed by atoms with Gasteiger partial charge in [0.2, 0.25) is 11.8 Å². The number of nitrogens with zero attached hydrogens (tertiary/aromatic N) is 5. The van der Waals surface area contributed by atoms with Crippen LogP contribution in [-0.2, 0) is 15.7 Å². The monoisotopic (exact) mass is 590 g/mol. The molecular weight excluding hydrogens is 565 g/mol. The molecule has 2 saturated heterocycles. The highest BCUT2D eigenvalue weighted by atomic mass is 35.5. The van der Waals surface area contributed by atoms with E-state index in [1.54, 1.807) is 12.1 Å². The van der Waals surface area contributed by atoms with Crippen molar-refractivity contribution in [1.29, 1.82) is 0 Å². The van der Waals surface area contributed by atoms with Gasteiger partial charge in [0.25, 0.3) is 0 Å². The molecule has 3 aliphatic heterocycles. The first-order valence-electron chi connectivity index (χ1n) is 13.0.